The molecule has 1 aromatic rings. The van der Waals surface area contributed by atoms with E-state index in [2.05, 4.69) is 20.8 Å². The number of rotatable bonds is 5. The van der Waals surface area contributed by atoms with Gasteiger partial charge in [-0.25, -0.2) is 0 Å². The van der Waals surface area contributed by atoms with Gasteiger partial charge >= 0.3 is 5.97 Å². The molecule has 0 N–H and O–H groups in total. The number of aliphatic imine (C=N–C) groups is 1. The van der Waals surface area contributed by atoms with Gasteiger partial charge < -0.3 is 4.74 Å². The Morgan fingerprint density at radius 3 is 2.57 bits per heavy atom. The Bertz CT molecular complexity index is 836. The molecule has 1 heterocycles. The molecule has 28 heavy (non-hydrogen) atoms. The summed E-state index contributed by atoms with van der Waals surface area (Å²) >= 11 is 6.07. The second kappa shape index (κ2) is 8.20. The number of halogens is 1. The highest BCUT2D eigenvalue weighted by atomic mass is 35.5. The normalized spacial score (nSPS) is 23.9. The Balaban J connectivity index is 2.06. The van der Waals surface area contributed by atoms with Gasteiger partial charge in [-0.3, -0.25) is 14.6 Å². The third kappa shape index (κ3) is 4.22. The van der Waals surface area contributed by atoms with Crippen LogP contribution in [-0.4, -0.2) is 24.1 Å². The molecule has 2 aliphatic rings. The van der Waals surface area contributed by atoms with Crippen LogP contribution in [0.1, 0.15) is 64.9 Å². The highest BCUT2D eigenvalue weighted by Crippen LogP contribution is 2.48. The van der Waals surface area contributed by atoms with Crippen molar-refractivity contribution >= 4 is 29.1 Å². The molecule has 150 valence electrons. The third-order valence-electron chi connectivity index (χ3n) is 5.53. The molecule has 5 heteroatoms. The van der Waals surface area contributed by atoms with Crippen LogP contribution in [0.5, 0.6) is 0 Å². The molecule has 3 rings (SSSR count). The topological polar surface area (TPSA) is 55.7 Å². The smallest absolute Gasteiger partial charge is 0.315 e. The number of nitrogens with zero attached hydrogens (tertiary/aromatic N) is 1. The molecule has 2 atom stereocenters. The van der Waals surface area contributed by atoms with Crippen LogP contribution in [0.15, 0.2) is 40.5 Å². The second-order valence-electron chi connectivity index (χ2n) is 8.58. The van der Waals surface area contributed by atoms with E-state index in [0.29, 0.717) is 29.3 Å². The fourth-order valence-electron chi connectivity index (χ4n) is 4.19. The molecule has 0 bridgehead atoms. The summed E-state index contributed by atoms with van der Waals surface area (Å²) in [7, 11) is 0. The number of hydrogen-bond donors (Lipinski definition) is 0. The van der Waals surface area contributed by atoms with Crippen LogP contribution in [0.4, 0.5) is 0 Å². The average Bonchev–Trinajstić information content (AvgIpc) is 2.60. The Kier molecular flexibility index (Phi) is 6.09. The Labute approximate surface area is 172 Å². The summed E-state index contributed by atoms with van der Waals surface area (Å²) in [6.45, 7) is 8.48. The summed E-state index contributed by atoms with van der Waals surface area (Å²) < 4.78 is 5.54. The SMILES string of the molecule is CCCCOC(=O)C1C(C)=NC2=C(C(=O)CC(C)(C)C2)[C@@H]1c1ccc(Cl)cc1. The summed E-state index contributed by atoms with van der Waals surface area (Å²) in [6, 6.07) is 7.40. The monoisotopic (exact) mass is 401 g/mol. The minimum absolute atomic E-state index is 0.0776. The predicted octanol–water partition coefficient (Wildman–Crippen LogP) is 5.50. The van der Waals surface area contributed by atoms with E-state index in [1.807, 2.05) is 19.1 Å². The zero-order valence-corrected chi connectivity index (χ0v) is 17.8. The first-order chi connectivity index (χ1) is 13.2. The lowest BCUT2D eigenvalue weighted by Gasteiger charge is -2.39. The minimum Gasteiger partial charge on any atom is -0.465 e. The van der Waals surface area contributed by atoms with Gasteiger partial charge in [0.2, 0.25) is 0 Å². The molecule has 1 aliphatic carbocycles. The van der Waals surface area contributed by atoms with E-state index in [9.17, 15) is 9.59 Å². The maximum atomic E-state index is 13.1. The molecule has 0 saturated carbocycles. The van der Waals surface area contributed by atoms with Crippen molar-refractivity contribution in [2.24, 2.45) is 16.3 Å². The van der Waals surface area contributed by atoms with Crippen LogP contribution in [0.25, 0.3) is 0 Å². The number of ether oxygens (including phenoxy) is 1. The highest BCUT2D eigenvalue weighted by Gasteiger charge is 2.45. The summed E-state index contributed by atoms with van der Waals surface area (Å²) in [5.41, 5.74) is 2.97. The molecule has 4 nitrogen and oxygen atoms in total. The Morgan fingerprint density at radius 2 is 1.93 bits per heavy atom. The quantitative estimate of drug-likeness (QED) is 0.483. The van der Waals surface area contributed by atoms with Crippen molar-refractivity contribution in [3.05, 3.63) is 46.1 Å². The van der Waals surface area contributed by atoms with E-state index in [-0.39, 0.29) is 23.1 Å². The van der Waals surface area contributed by atoms with Crippen LogP contribution >= 0.6 is 11.6 Å². The van der Waals surface area contributed by atoms with Crippen LogP contribution in [0.2, 0.25) is 5.02 Å². The Hall–Kier alpha value is -1.94. The fraction of sp³-hybridized carbons (Fsp3) is 0.522. The van der Waals surface area contributed by atoms with Gasteiger partial charge in [0.25, 0.3) is 0 Å². The van der Waals surface area contributed by atoms with Crippen LogP contribution in [-0.2, 0) is 14.3 Å². The summed E-state index contributed by atoms with van der Waals surface area (Å²) in [6.07, 6.45) is 2.96. The van der Waals surface area contributed by atoms with Crippen molar-refractivity contribution in [2.45, 2.75) is 59.3 Å². The van der Waals surface area contributed by atoms with Crippen LogP contribution in [0, 0.1) is 11.3 Å². The number of ketones is 1. The number of benzene rings is 1. The molecule has 1 aliphatic heterocycles. The number of carbonyl (C=O) groups excluding carboxylic acids is 2. The standard InChI is InChI=1S/C23H28ClNO3/c1-5-6-11-28-22(27)19-14(2)25-17-12-23(3,4)13-18(26)21(17)20(19)15-7-9-16(24)10-8-15/h7-10,19-20H,5-6,11-13H2,1-4H3/t19?,20-/m1/s1. The zero-order valence-electron chi connectivity index (χ0n) is 17.0. The van der Waals surface area contributed by atoms with Crippen molar-refractivity contribution in [3.63, 3.8) is 0 Å². The lowest BCUT2D eigenvalue weighted by atomic mass is 9.67. The van der Waals surface area contributed by atoms with Gasteiger partial charge in [-0.2, -0.15) is 0 Å². The third-order valence-corrected chi connectivity index (χ3v) is 5.78. The Morgan fingerprint density at radius 1 is 1.25 bits per heavy atom. The molecule has 0 spiro atoms. The van der Waals surface area contributed by atoms with Crippen molar-refractivity contribution in [1.29, 1.82) is 0 Å². The van der Waals surface area contributed by atoms with Crippen molar-refractivity contribution in [2.75, 3.05) is 6.61 Å². The van der Waals surface area contributed by atoms with Crippen LogP contribution in [0.3, 0.4) is 0 Å². The summed E-state index contributed by atoms with van der Waals surface area (Å²) in [4.78, 5) is 30.8. The zero-order chi connectivity index (χ0) is 20.5. The maximum absolute atomic E-state index is 13.1. The first-order valence-corrected chi connectivity index (χ1v) is 10.3. The van der Waals surface area contributed by atoms with Gasteiger partial charge in [-0.15, -0.1) is 0 Å². The summed E-state index contributed by atoms with van der Waals surface area (Å²) in [5.74, 6) is -1.18. The molecule has 0 saturated heterocycles. The minimum atomic E-state index is -0.582. The molecule has 0 fully saturated rings. The summed E-state index contributed by atoms with van der Waals surface area (Å²) in [5, 5.41) is 0.623. The van der Waals surface area contributed by atoms with E-state index < -0.39 is 5.92 Å². The first kappa shape index (κ1) is 20.8. The van der Waals surface area contributed by atoms with Gasteiger partial charge in [0.1, 0.15) is 5.92 Å². The van der Waals surface area contributed by atoms with Gasteiger partial charge in [0.15, 0.2) is 5.78 Å². The first-order valence-electron chi connectivity index (χ1n) is 9.97. The fourth-order valence-corrected chi connectivity index (χ4v) is 4.31. The molecule has 0 aromatic heterocycles. The van der Waals surface area contributed by atoms with Crippen molar-refractivity contribution in [1.82, 2.24) is 0 Å². The predicted molar refractivity (Wildman–Crippen MR) is 112 cm³/mol. The number of unbranched alkanes of at least 4 members (excludes halogenated alkanes) is 1. The number of carbonyl (C=O) groups is 2. The van der Waals surface area contributed by atoms with Crippen molar-refractivity contribution in [3.8, 4) is 0 Å². The van der Waals surface area contributed by atoms with Crippen molar-refractivity contribution < 1.29 is 14.3 Å². The molecule has 1 unspecified atom stereocenters. The van der Waals surface area contributed by atoms with Gasteiger partial charge in [-0.1, -0.05) is 50.9 Å². The van der Waals surface area contributed by atoms with E-state index in [4.69, 9.17) is 21.3 Å². The van der Waals surface area contributed by atoms with E-state index in [0.717, 1.165) is 30.5 Å². The second-order valence-corrected chi connectivity index (χ2v) is 9.02. The molecular formula is C23H28ClNO3. The molecule has 1 aromatic carbocycles. The van der Waals surface area contributed by atoms with E-state index in [1.54, 1.807) is 12.1 Å². The maximum Gasteiger partial charge on any atom is 0.315 e. The highest BCUT2D eigenvalue weighted by molar-refractivity contribution is 6.30. The molecule has 0 amide bonds. The lowest BCUT2D eigenvalue weighted by molar-refractivity contribution is -0.146. The molecule has 0 radical (unpaired) electrons. The van der Waals surface area contributed by atoms with E-state index >= 15 is 0 Å². The van der Waals surface area contributed by atoms with E-state index in [1.165, 1.54) is 0 Å². The van der Waals surface area contributed by atoms with Gasteiger partial charge in [0, 0.05) is 34.3 Å². The lowest BCUT2D eigenvalue weighted by Crippen LogP contribution is -2.39. The largest absolute Gasteiger partial charge is 0.465 e. The number of hydrogen-bond acceptors (Lipinski definition) is 4. The van der Waals surface area contributed by atoms with Gasteiger partial charge in [-0.05, 0) is 42.9 Å². The molecular weight excluding hydrogens is 374 g/mol. The average molecular weight is 402 g/mol. The number of Topliss-reactive ketones (excluding diaryl/α,β-unsaturated/α-hetero) is 1. The number of allylic oxidation sites excluding steroid dienone is 2. The number of esters is 1. The van der Waals surface area contributed by atoms with Gasteiger partial charge in [0.05, 0.1) is 6.61 Å². The van der Waals surface area contributed by atoms with Crippen LogP contribution < -0.4 is 0 Å².